The number of urea groups is 1. The summed E-state index contributed by atoms with van der Waals surface area (Å²) in [5, 5.41) is 113. The quantitative estimate of drug-likeness (QED) is 0.0172. The summed E-state index contributed by atoms with van der Waals surface area (Å²) in [6.07, 6.45) is -3.75. The summed E-state index contributed by atoms with van der Waals surface area (Å²) in [5.41, 5.74) is 17.6. The van der Waals surface area contributed by atoms with Gasteiger partial charge < -0.3 is 143 Å². The zero-order valence-corrected chi connectivity index (χ0v) is 84.6. The van der Waals surface area contributed by atoms with Gasteiger partial charge in [-0.05, 0) is 202 Å². The molecule has 40 heteroatoms. The standard InChI is InChI=1S/C106H151N13O27/c1-63(2)90(98(135)114-75(24-16-45-111-102(108)138)95(132)115-76(59-120)97(134)112-69-33-29-65-31-35-82-103(3,71(65)55-69)40-17-42-105(82,5)100(136)118-101(137)106(6)43-18-41-104(4)72-56-70(123)34-30-66(72)32-36-83(104)106)117-96(133)74(23-14-15-44-109-86(127)62-143-79-26-9-7-8-22-73(89(79)107)116-99-93(131)92(130)94(81(61-122)145-99)146-88-57-78(124)91(129)80(60-121)144-88)113-85(126)39-47-139-49-51-141-53-54-142-52-50-140-48-46-110-84(125)37-38-87(128)119-58-68-21-11-10-19-64(68)27-28-67-20-12-13-25-77(67)119/h10-13,19-21,25,29-30,33-34,55-56,63,74-76,78-83,88,90-94,99,116,120-124,129-131H,7-9,14-18,22-24,26,31-32,35-54,57-62,107H2,1-6H3,(H,109,127)(H,110,125)(H,112,134)(H,113,126)(H,114,135)(H,115,132)(H,117,133)(H3,108,111,138)(H,118,136,137)/t74-,75+,76+,78-,79?,80-,81-,82-,83-,88?,90+,91+,92-,93-,94-,99+,103-,104-,105+,106+/m1/s1. The van der Waals surface area contributed by atoms with Crippen LogP contribution in [-0.2, 0) is 116 Å². The fraction of sp³-hybridized carbons (Fsp3) is 0.632. The van der Waals surface area contributed by atoms with E-state index in [1.165, 1.54) is 5.56 Å². The lowest BCUT2D eigenvalue weighted by Crippen LogP contribution is -2.64. The van der Waals surface area contributed by atoms with Gasteiger partial charge in [-0.15, -0.1) is 0 Å². The lowest BCUT2D eigenvalue weighted by Gasteiger charge is -2.56. The number of aliphatic hydroxyl groups excluding tert-OH is 7. The molecule has 0 aromatic heterocycles. The number of imide groups is 1. The molecule has 2 saturated heterocycles. The fourth-order valence-corrected chi connectivity index (χ4v) is 22.3. The van der Waals surface area contributed by atoms with Crippen LogP contribution < -0.4 is 69.5 Å². The monoisotopic (exact) mass is 2040 g/mol. The molecule has 2 unspecified atom stereocenters. The van der Waals surface area contributed by atoms with Crippen molar-refractivity contribution in [2.75, 3.05) is 109 Å². The number of fused-ring (bicyclic) bond motifs is 8. The van der Waals surface area contributed by atoms with Gasteiger partial charge >= 0.3 is 6.03 Å². The van der Waals surface area contributed by atoms with E-state index in [0.29, 0.717) is 87.8 Å². The van der Waals surface area contributed by atoms with Gasteiger partial charge in [-0.1, -0.05) is 122 Å². The van der Waals surface area contributed by atoms with Crippen LogP contribution >= 0.6 is 0 Å². The molecule has 4 aromatic rings. The number of aliphatic hydroxyl groups is 7. The normalized spacial score (nSPS) is 26.5. The number of ether oxygens (including phenoxy) is 8. The van der Waals surface area contributed by atoms with Gasteiger partial charge in [0, 0.05) is 67.8 Å². The van der Waals surface area contributed by atoms with Crippen molar-refractivity contribution in [1.29, 1.82) is 0 Å². The molecule has 12 amide bonds. The van der Waals surface area contributed by atoms with Crippen LogP contribution in [0.2, 0.25) is 0 Å². The largest absolute Gasteiger partial charge is 0.508 e. The number of benzene rings is 4. The van der Waals surface area contributed by atoms with Gasteiger partial charge in [0.15, 0.2) is 12.5 Å². The van der Waals surface area contributed by atoms with Gasteiger partial charge in [-0.3, -0.25) is 53.3 Å². The third-order valence-corrected chi connectivity index (χ3v) is 30.4. The van der Waals surface area contributed by atoms with Crippen LogP contribution in [0.4, 0.5) is 16.2 Å². The zero-order valence-electron chi connectivity index (χ0n) is 84.6. The summed E-state index contributed by atoms with van der Waals surface area (Å²) in [5.74, 6) is 0.0185. The average molecular weight is 2040 g/mol. The Bertz CT molecular complexity index is 5250. The molecule has 4 fully saturated rings. The molecule has 4 aromatic carbocycles. The van der Waals surface area contributed by atoms with E-state index >= 15 is 4.79 Å². The first-order valence-corrected chi connectivity index (χ1v) is 51.6. The molecule has 3 aliphatic heterocycles. The van der Waals surface area contributed by atoms with Gasteiger partial charge in [0.2, 0.25) is 59.1 Å². The lowest BCUT2D eigenvalue weighted by molar-refractivity contribution is -0.317. The molecule has 12 rings (SSSR count). The number of carbonyl (C=O) groups excluding carboxylic acids is 11. The van der Waals surface area contributed by atoms with Crippen LogP contribution in [0.15, 0.2) is 96.3 Å². The van der Waals surface area contributed by atoms with Crippen LogP contribution in [0.5, 0.6) is 5.75 Å². The summed E-state index contributed by atoms with van der Waals surface area (Å²) in [4.78, 5) is 156. The number of nitrogens with one attached hydrogen (secondary N) is 10. The Morgan fingerprint density at radius 3 is 1.80 bits per heavy atom. The summed E-state index contributed by atoms with van der Waals surface area (Å²) in [6.45, 7) is 10.7. The number of primary amides is 1. The molecule has 802 valence electrons. The second kappa shape index (κ2) is 53.9. The van der Waals surface area contributed by atoms with Gasteiger partial charge in [-0.2, -0.15) is 0 Å². The number of phenolic OH excluding ortho intramolecular Hbond substituents is 1. The highest BCUT2D eigenvalue weighted by molar-refractivity contribution is 6.02. The van der Waals surface area contributed by atoms with Gasteiger partial charge in [0.25, 0.3) is 0 Å². The first-order chi connectivity index (χ1) is 70.0. The van der Waals surface area contributed by atoms with E-state index in [0.717, 1.165) is 65.5 Å². The number of rotatable bonds is 49. The number of anilines is 2. The number of nitrogens with two attached hydrogens (primary N) is 2. The lowest BCUT2D eigenvalue weighted by atomic mass is 9.49. The summed E-state index contributed by atoms with van der Waals surface area (Å²) in [7, 11) is 0. The van der Waals surface area contributed by atoms with Crippen molar-refractivity contribution in [3.8, 4) is 17.6 Å². The number of nitrogens with zero attached hydrogens (tertiary/aromatic N) is 1. The number of aromatic hydroxyl groups is 1. The van der Waals surface area contributed by atoms with E-state index in [1.807, 2.05) is 86.6 Å². The number of hydrogen-bond donors (Lipinski definition) is 20. The summed E-state index contributed by atoms with van der Waals surface area (Å²) >= 11 is 0. The molecule has 146 heavy (non-hydrogen) atoms. The van der Waals surface area contributed by atoms with E-state index in [2.05, 4.69) is 78.9 Å². The van der Waals surface area contributed by atoms with Crippen molar-refractivity contribution < 1.29 is 131 Å². The maximum Gasteiger partial charge on any atom is 0.312 e. The zero-order chi connectivity index (χ0) is 105. The first kappa shape index (κ1) is 114. The second-order valence-corrected chi connectivity index (χ2v) is 40.9. The molecule has 20 atom stereocenters. The van der Waals surface area contributed by atoms with E-state index < -0.39 is 176 Å². The van der Waals surface area contributed by atoms with Crippen molar-refractivity contribution in [2.24, 2.45) is 40.1 Å². The van der Waals surface area contributed by atoms with Gasteiger partial charge in [0.1, 0.15) is 73.1 Å². The number of carbonyl (C=O) groups is 11. The van der Waals surface area contributed by atoms with Gasteiger partial charge in [0.05, 0.1) is 114 Å². The fourth-order valence-electron chi connectivity index (χ4n) is 22.3. The Morgan fingerprint density at radius 2 is 1.14 bits per heavy atom. The van der Waals surface area contributed by atoms with Crippen molar-refractivity contribution in [3.05, 3.63) is 135 Å². The third-order valence-electron chi connectivity index (χ3n) is 30.4. The Labute approximate surface area is 852 Å². The molecule has 40 nitrogen and oxygen atoms in total. The highest BCUT2D eigenvalue weighted by atomic mass is 16.7. The second-order valence-electron chi connectivity index (χ2n) is 40.9. The minimum Gasteiger partial charge on any atom is -0.508 e. The van der Waals surface area contributed by atoms with Crippen LogP contribution in [0.25, 0.3) is 0 Å². The number of para-hydroxylation sites is 1. The van der Waals surface area contributed by atoms with Crippen molar-refractivity contribution in [1.82, 2.24) is 47.9 Å². The molecule has 22 N–H and O–H groups in total. The molecule has 0 radical (unpaired) electrons. The van der Waals surface area contributed by atoms with Crippen LogP contribution in [0, 0.1) is 40.4 Å². The molecular weight excluding hydrogens is 1890 g/mol. The Kier molecular flexibility index (Phi) is 42.0. The van der Waals surface area contributed by atoms with E-state index in [4.69, 9.17) is 49.4 Å². The highest BCUT2D eigenvalue weighted by Gasteiger charge is 2.59. The Balaban J connectivity index is 0.624. The number of amides is 12. The predicted octanol–water partition coefficient (Wildman–Crippen LogP) is 3.08. The van der Waals surface area contributed by atoms with E-state index in [9.17, 15) is 88.8 Å². The smallest absolute Gasteiger partial charge is 0.312 e. The maximum absolute atomic E-state index is 15.0. The molecule has 2 saturated carbocycles. The topological polar surface area (TPSA) is 599 Å². The first-order valence-electron chi connectivity index (χ1n) is 51.6. The van der Waals surface area contributed by atoms with Crippen LogP contribution in [0.3, 0.4) is 0 Å². The number of aryl methyl sites for hydroxylation is 2. The summed E-state index contributed by atoms with van der Waals surface area (Å²) in [6, 6.07) is 19.5. The molecule has 0 bridgehead atoms. The minimum atomic E-state index is -1.69. The maximum atomic E-state index is 15.0. The van der Waals surface area contributed by atoms with E-state index in [1.54, 1.807) is 30.9 Å². The molecule has 5 aliphatic carbocycles. The van der Waals surface area contributed by atoms with Gasteiger partial charge in [-0.25, -0.2) is 4.79 Å². The minimum absolute atomic E-state index is 0.00441. The highest BCUT2D eigenvalue weighted by Crippen LogP contribution is 2.60. The van der Waals surface area contributed by atoms with Crippen molar-refractivity contribution >= 4 is 76.5 Å². The average Bonchev–Trinajstić information content (AvgIpc) is 0.717. The Morgan fingerprint density at radius 1 is 0.541 bits per heavy atom. The molecule has 0 spiro atoms. The Hall–Kier alpha value is -10.9. The van der Waals surface area contributed by atoms with Crippen LogP contribution in [0.1, 0.15) is 222 Å². The molecular formula is C106H151N13O27. The van der Waals surface area contributed by atoms with Crippen molar-refractivity contribution in [3.63, 3.8) is 0 Å². The van der Waals surface area contributed by atoms with Crippen molar-refractivity contribution in [2.45, 2.75) is 299 Å². The predicted molar refractivity (Wildman–Crippen MR) is 534 cm³/mol. The third kappa shape index (κ3) is 29.4. The number of hydrogen-bond acceptors (Lipinski definition) is 29. The van der Waals surface area contributed by atoms with Crippen LogP contribution in [-0.4, -0.2) is 290 Å². The molecule has 8 aliphatic rings. The van der Waals surface area contributed by atoms with E-state index in [-0.39, 0.29) is 183 Å². The number of unbranched alkanes of at least 4 members (excludes halogenated alkanes) is 1. The number of phenols is 1. The SMILES string of the molecule is CC(C)[C@H](NC(=O)[C@@H](CCCCNC(=O)COC1CCCCCC(N[C@H]2O[C@H](CO)[C@@H](OC3C[C@@H](O)[C@H](O)[C@@H](CO)O3)[C@H](O)[C@H]2O)=C1N)NC(=O)CCOCCOCCOCCOCCNC(=O)CCC(=O)N1Cc2ccccc2C#Cc2ccccc21)C(=O)N[C@@H](CCCNC(N)=O)C(=O)N[C@@H](CO)C(=O)Nc1ccc2c(c1)[C@@]1(C)CCC[C@](C)(C(=O)NC(=O)[C@@]3(C)CCC[C@]4(C)c5cc(O)ccc5CC[C@@H]34)[C@@H]1CC2. The summed E-state index contributed by atoms with van der Waals surface area (Å²) < 4.78 is 46.3. The number of allylic oxidation sites excluding steroid dienone is 1. The molecule has 3 heterocycles.